The van der Waals surface area contributed by atoms with Crippen molar-refractivity contribution in [2.75, 3.05) is 0 Å². The van der Waals surface area contributed by atoms with Crippen molar-refractivity contribution >= 4 is 5.43 Å². The maximum Gasteiger partial charge on any atom is -1.00 e. The number of rotatable bonds is 2. The summed E-state index contributed by atoms with van der Waals surface area (Å²) in [4.78, 5) is 0. The molecule has 4 atom stereocenters. The van der Waals surface area contributed by atoms with Crippen molar-refractivity contribution < 1.29 is 48.1 Å². The van der Waals surface area contributed by atoms with E-state index in [0.29, 0.717) is 0 Å². The van der Waals surface area contributed by atoms with E-state index in [4.69, 9.17) is 0 Å². The molecule has 4 heteroatoms. The molecule has 0 N–H and O–H groups in total. The van der Waals surface area contributed by atoms with Crippen molar-refractivity contribution in [3.05, 3.63) is 60.4 Å². The van der Waals surface area contributed by atoms with Crippen LogP contribution in [0.25, 0.3) is 0 Å². The fourth-order valence-corrected chi connectivity index (χ4v) is 4.45. The fraction of sp³-hybridized carbons (Fsp3) is 0.615. The Hall–Kier alpha value is 0.380. The minimum Gasteiger partial charge on any atom is -1.00 e. The summed E-state index contributed by atoms with van der Waals surface area (Å²) in [5.74, 6) is 5.00. The monoisotopic (exact) mass is 540 g/mol. The van der Waals surface area contributed by atoms with Crippen molar-refractivity contribution in [2.24, 2.45) is 35.5 Å². The van der Waals surface area contributed by atoms with Gasteiger partial charge in [-0.15, -0.1) is 24.3 Å². The molecule has 4 unspecified atom stereocenters. The van der Waals surface area contributed by atoms with E-state index < -0.39 is 0 Å². The summed E-state index contributed by atoms with van der Waals surface area (Å²) >= 11 is 1.74. The molecule has 0 aromatic carbocycles. The van der Waals surface area contributed by atoms with Crippen LogP contribution in [0, 0.1) is 48.3 Å². The van der Waals surface area contributed by atoms with Crippen molar-refractivity contribution in [1.29, 1.82) is 0 Å². The maximum atomic E-state index is 2.48. The van der Waals surface area contributed by atoms with Crippen LogP contribution >= 0.6 is 0 Å². The Morgan fingerprint density at radius 3 is 1.40 bits per heavy atom. The molecule has 4 aliphatic rings. The van der Waals surface area contributed by atoms with Crippen LogP contribution in [-0.4, -0.2) is 5.43 Å². The molecule has 4 aliphatic carbocycles. The zero-order chi connectivity index (χ0) is 20.7. The van der Waals surface area contributed by atoms with Gasteiger partial charge in [0.1, 0.15) is 0 Å². The number of hydrogen-bond donors (Lipinski definition) is 0. The second-order valence-electron chi connectivity index (χ2n) is 9.68. The Morgan fingerprint density at radius 1 is 0.800 bits per heavy atom. The molecule has 0 bridgehead atoms. The van der Waals surface area contributed by atoms with Gasteiger partial charge in [0.15, 0.2) is 0 Å². The standard InChI is InChI=1S/2C12H17.C2H6Si.2ClH.Zr/c2*1-9(2)12-7-10-5-3-4-6-11(10)8-12;1-3-2;;;/h2*3-5,7,9,11-12H,6,8H2,1-2H3;1-2H3;2*1H;/q2*-1;;;;+2/p-2. The minimum absolute atomic E-state index is 0. The van der Waals surface area contributed by atoms with Gasteiger partial charge in [0.05, 0.1) is 0 Å². The van der Waals surface area contributed by atoms with E-state index in [-0.39, 0.29) is 30.2 Å². The molecule has 2 saturated carbocycles. The largest absolute Gasteiger partial charge is 1.00 e. The maximum absolute atomic E-state index is 2.48. The van der Waals surface area contributed by atoms with E-state index >= 15 is 0 Å². The topological polar surface area (TPSA) is 0 Å². The smallest absolute Gasteiger partial charge is 1.00 e. The Balaban J connectivity index is 0.000000452. The molecule has 0 heterocycles. The molecule has 0 nitrogen and oxygen atoms in total. The van der Waals surface area contributed by atoms with Crippen LogP contribution in [-0.2, 0) is 23.3 Å². The summed E-state index contributed by atoms with van der Waals surface area (Å²) in [6.07, 6.45) is 23.8. The van der Waals surface area contributed by atoms with E-state index in [0.717, 1.165) is 35.5 Å². The minimum atomic E-state index is 0. The molecule has 0 radical (unpaired) electrons. The van der Waals surface area contributed by atoms with E-state index in [1.807, 2.05) is 0 Å². The Morgan fingerprint density at radius 2 is 1.13 bits per heavy atom. The van der Waals surface area contributed by atoms with Crippen LogP contribution in [0.3, 0.4) is 0 Å². The van der Waals surface area contributed by atoms with Crippen LogP contribution in [0.15, 0.2) is 47.6 Å². The SMILES string of the molecule is CC(C)C1[CH-]C2=CC=CCC2C1.CC(C)C1[CH-]C2=CC=CCC2C1.C[Si](C)=[Zr+2].[Cl-].[Cl-]. The zero-order valence-corrected chi connectivity index (χ0v) is 24.6. The van der Waals surface area contributed by atoms with Gasteiger partial charge in [-0.05, 0) is 24.7 Å². The zero-order valence-electron chi connectivity index (χ0n) is 19.7. The first kappa shape index (κ1) is 30.4. The van der Waals surface area contributed by atoms with Gasteiger partial charge in [-0.1, -0.05) is 64.2 Å². The fourth-order valence-electron chi connectivity index (χ4n) is 4.45. The first-order chi connectivity index (χ1) is 13.3. The third-order valence-electron chi connectivity index (χ3n) is 6.27. The molecular weight excluding hydrogens is 503 g/mol. The Bertz CT molecular complexity index is 591. The molecule has 0 amide bonds. The van der Waals surface area contributed by atoms with Crippen LogP contribution in [0.2, 0.25) is 13.1 Å². The van der Waals surface area contributed by atoms with Crippen molar-refractivity contribution in [3.8, 4) is 0 Å². The molecule has 0 aromatic rings. The van der Waals surface area contributed by atoms with Gasteiger partial charge in [0.25, 0.3) is 0 Å². The molecule has 168 valence electrons. The first-order valence-corrected chi connectivity index (χ1v) is 17.4. The van der Waals surface area contributed by atoms with Gasteiger partial charge in [-0.3, -0.25) is 0 Å². The molecular formula is C26H40Cl2SiZr-2. The van der Waals surface area contributed by atoms with Gasteiger partial charge in [-0.2, -0.15) is 0 Å². The van der Waals surface area contributed by atoms with E-state index in [2.05, 4.69) is 90.1 Å². The molecule has 30 heavy (non-hydrogen) atoms. The third-order valence-corrected chi connectivity index (χ3v) is 6.27. The molecule has 0 aromatic heterocycles. The second kappa shape index (κ2) is 15.3. The summed E-state index contributed by atoms with van der Waals surface area (Å²) < 4.78 is 0. The van der Waals surface area contributed by atoms with E-state index in [1.165, 1.54) is 25.7 Å². The number of halogens is 2. The molecule has 0 spiro atoms. The van der Waals surface area contributed by atoms with Gasteiger partial charge in [0, 0.05) is 0 Å². The predicted octanol–water partition coefficient (Wildman–Crippen LogP) is 1.53. The molecule has 0 saturated heterocycles. The summed E-state index contributed by atoms with van der Waals surface area (Å²) in [5, 5.41) is 0. The summed E-state index contributed by atoms with van der Waals surface area (Å²) in [6, 6.07) is 0. The summed E-state index contributed by atoms with van der Waals surface area (Å²) in [7, 11) is 0. The number of allylic oxidation sites excluding steroid dienone is 8. The average Bonchev–Trinajstić information content (AvgIpc) is 3.26. The van der Waals surface area contributed by atoms with E-state index in [1.54, 1.807) is 34.5 Å². The number of hydrogen-bond acceptors (Lipinski definition) is 0. The van der Waals surface area contributed by atoms with Crippen LogP contribution in [0.5, 0.6) is 0 Å². The van der Waals surface area contributed by atoms with Gasteiger partial charge in [0.2, 0.25) is 0 Å². The Labute approximate surface area is 214 Å². The van der Waals surface area contributed by atoms with Crippen molar-refractivity contribution in [3.63, 3.8) is 0 Å². The second-order valence-corrected chi connectivity index (χ2v) is 19.0. The van der Waals surface area contributed by atoms with Crippen LogP contribution in [0.4, 0.5) is 0 Å². The summed E-state index contributed by atoms with van der Waals surface area (Å²) in [6.45, 7) is 13.9. The first-order valence-electron chi connectivity index (χ1n) is 11.2. The van der Waals surface area contributed by atoms with E-state index in [9.17, 15) is 0 Å². The van der Waals surface area contributed by atoms with Gasteiger partial charge < -0.3 is 24.8 Å². The van der Waals surface area contributed by atoms with Gasteiger partial charge in [-0.25, -0.2) is 36.1 Å². The van der Waals surface area contributed by atoms with Crippen LogP contribution < -0.4 is 24.8 Å². The molecule has 4 rings (SSSR count). The molecule has 0 aliphatic heterocycles. The predicted molar refractivity (Wildman–Crippen MR) is 123 cm³/mol. The van der Waals surface area contributed by atoms with Crippen molar-refractivity contribution in [1.82, 2.24) is 0 Å². The molecule has 2 fully saturated rings. The Kier molecular flexibility index (Phi) is 15.5. The van der Waals surface area contributed by atoms with Gasteiger partial charge >= 0.3 is 41.9 Å². The normalized spacial score (nSPS) is 27.4. The third kappa shape index (κ3) is 9.89. The quantitative estimate of drug-likeness (QED) is 0.367. The summed E-state index contributed by atoms with van der Waals surface area (Å²) in [5.41, 5.74) is 3.40. The average molecular weight is 543 g/mol. The number of fused-ring (bicyclic) bond motifs is 2. The van der Waals surface area contributed by atoms with Crippen molar-refractivity contribution in [2.45, 2.75) is 66.5 Å². The van der Waals surface area contributed by atoms with Crippen LogP contribution in [0.1, 0.15) is 53.4 Å².